The molecule has 0 saturated heterocycles. The van der Waals surface area contributed by atoms with Crippen molar-refractivity contribution in [1.82, 2.24) is 10.6 Å². The van der Waals surface area contributed by atoms with Crippen molar-refractivity contribution in [3.8, 4) is 0 Å². The standard InChI is InChI=1S/C14H26N2O4/c1-10(2)20-9-3-8-15-14(19)16-12-6-4-11(5-7-12)13(17)18/h10-12H,3-9H2,1-2H3,(H,17,18)(H2,15,16,19). The fraction of sp³-hybridized carbons (Fsp3) is 0.857. The summed E-state index contributed by atoms with van der Waals surface area (Å²) in [5.74, 6) is -0.970. The van der Waals surface area contributed by atoms with Crippen LogP contribution in [-0.2, 0) is 9.53 Å². The van der Waals surface area contributed by atoms with Crippen molar-refractivity contribution in [2.75, 3.05) is 13.2 Å². The predicted molar refractivity (Wildman–Crippen MR) is 75.6 cm³/mol. The molecule has 6 heteroatoms. The smallest absolute Gasteiger partial charge is 0.315 e. The molecule has 6 nitrogen and oxygen atoms in total. The molecule has 0 aromatic rings. The molecular weight excluding hydrogens is 260 g/mol. The molecular formula is C14H26N2O4. The van der Waals surface area contributed by atoms with Crippen LogP contribution in [-0.4, -0.2) is 42.4 Å². The van der Waals surface area contributed by atoms with Gasteiger partial charge in [-0.2, -0.15) is 0 Å². The van der Waals surface area contributed by atoms with Crippen LogP contribution in [0.2, 0.25) is 0 Å². The molecule has 1 aliphatic rings. The van der Waals surface area contributed by atoms with E-state index in [1.54, 1.807) is 0 Å². The number of rotatable bonds is 7. The highest BCUT2D eigenvalue weighted by Gasteiger charge is 2.26. The van der Waals surface area contributed by atoms with Crippen LogP contribution in [0.25, 0.3) is 0 Å². The van der Waals surface area contributed by atoms with E-state index in [1.807, 2.05) is 13.8 Å². The molecule has 1 aliphatic carbocycles. The monoisotopic (exact) mass is 286 g/mol. The van der Waals surface area contributed by atoms with Gasteiger partial charge in [-0.25, -0.2) is 4.79 Å². The summed E-state index contributed by atoms with van der Waals surface area (Å²) in [7, 11) is 0. The summed E-state index contributed by atoms with van der Waals surface area (Å²) in [4.78, 5) is 22.5. The van der Waals surface area contributed by atoms with Gasteiger partial charge in [0, 0.05) is 19.2 Å². The van der Waals surface area contributed by atoms with Crippen LogP contribution < -0.4 is 10.6 Å². The summed E-state index contributed by atoms with van der Waals surface area (Å²) in [6, 6.07) is -0.0779. The van der Waals surface area contributed by atoms with Gasteiger partial charge in [0.2, 0.25) is 0 Å². The summed E-state index contributed by atoms with van der Waals surface area (Å²) in [6.07, 6.45) is 3.76. The minimum absolute atomic E-state index is 0.0949. The molecule has 0 aromatic heterocycles. The van der Waals surface area contributed by atoms with Gasteiger partial charge in [-0.1, -0.05) is 0 Å². The lowest BCUT2D eigenvalue weighted by Crippen LogP contribution is -2.44. The molecule has 0 unspecified atom stereocenters. The number of amides is 2. The van der Waals surface area contributed by atoms with Gasteiger partial charge < -0.3 is 20.5 Å². The van der Waals surface area contributed by atoms with Crippen molar-refractivity contribution >= 4 is 12.0 Å². The number of ether oxygens (including phenoxy) is 1. The lowest BCUT2D eigenvalue weighted by atomic mass is 9.86. The van der Waals surface area contributed by atoms with Crippen molar-refractivity contribution in [1.29, 1.82) is 0 Å². The van der Waals surface area contributed by atoms with Gasteiger partial charge in [0.1, 0.15) is 0 Å². The summed E-state index contributed by atoms with van der Waals surface area (Å²) in [5, 5.41) is 14.6. The lowest BCUT2D eigenvalue weighted by Gasteiger charge is -2.26. The van der Waals surface area contributed by atoms with Gasteiger partial charge >= 0.3 is 12.0 Å². The Balaban J connectivity index is 2.07. The third kappa shape index (κ3) is 6.75. The normalized spacial score (nSPS) is 22.6. The number of nitrogens with one attached hydrogen (secondary N) is 2. The van der Waals surface area contributed by atoms with Crippen LogP contribution in [0, 0.1) is 5.92 Å². The quantitative estimate of drug-likeness (QED) is 0.622. The number of carboxylic acid groups (broad SMARTS) is 1. The number of carbonyl (C=O) groups is 2. The first-order chi connectivity index (χ1) is 9.49. The fourth-order valence-corrected chi connectivity index (χ4v) is 2.31. The maximum atomic E-state index is 11.6. The number of aliphatic carboxylic acids is 1. The van der Waals surface area contributed by atoms with Crippen LogP contribution in [0.4, 0.5) is 4.79 Å². The Hall–Kier alpha value is -1.30. The van der Waals surface area contributed by atoms with Crippen molar-refractivity contribution in [2.24, 2.45) is 5.92 Å². The first kappa shape index (κ1) is 16.8. The number of hydrogen-bond donors (Lipinski definition) is 3. The number of carboxylic acids is 1. The Morgan fingerprint density at radius 1 is 1.25 bits per heavy atom. The van der Waals surface area contributed by atoms with Gasteiger partial charge in [-0.15, -0.1) is 0 Å². The van der Waals surface area contributed by atoms with Crippen molar-refractivity contribution in [2.45, 2.75) is 58.1 Å². The molecule has 116 valence electrons. The molecule has 3 N–H and O–H groups in total. The second kappa shape index (κ2) is 8.79. The molecule has 0 atom stereocenters. The van der Waals surface area contributed by atoms with Crippen molar-refractivity contribution < 1.29 is 19.4 Å². The Kier molecular flexibility index (Phi) is 7.36. The second-order valence-electron chi connectivity index (χ2n) is 5.56. The van der Waals surface area contributed by atoms with E-state index in [9.17, 15) is 9.59 Å². The zero-order valence-corrected chi connectivity index (χ0v) is 12.4. The van der Waals surface area contributed by atoms with E-state index >= 15 is 0 Å². The van der Waals surface area contributed by atoms with E-state index in [0.717, 1.165) is 19.3 Å². The molecule has 2 amide bonds. The lowest BCUT2D eigenvalue weighted by molar-refractivity contribution is -0.142. The Labute approximate surface area is 120 Å². The third-order valence-electron chi connectivity index (χ3n) is 3.47. The van der Waals surface area contributed by atoms with Gasteiger partial charge in [-0.05, 0) is 46.0 Å². The molecule has 1 fully saturated rings. The van der Waals surface area contributed by atoms with E-state index in [2.05, 4.69) is 10.6 Å². The molecule has 0 spiro atoms. The Morgan fingerprint density at radius 2 is 1.90 bits per heavy atom. The zero-order chi connectivity index (χ0) is 15.0. The average Bonchev–Trinajstić information content (AvgIpc) is 2.38. The molecule has 1 rings (SSSR count). The van der Waals surface area contributed by atoms with Gasteiger partial charge in [-0.3, -0.25) is 4.79 Å². The van der Waals surface area contributed by atoms with Gasteiger partial charge in [0.25, 0.3) is 0 Å². The van der Waals surface area contributed by atoms with Crippen LogP contribution in [0.1, 0.15) is 46.0 Å². The maximum Gasteiger partial charge on any atom is 0.315 e. The van der Waals surface area contributed by atoms with Crippen molar-refractivity contribution in [3.63, 3.8) is 0 Å². The van der Waals surface area contributed by atoms with Crippen LogP contribution in [0.3, 0.4) is 0 Å². The number of carbonyl (C=O) groups excluding carboxylic acids is 1. The third-order valence-corrected chi connectivity index (χ3v) is 3.47. The molecule has 0 heterocycles. The van der Waals surface area contributed by atoms with Crippen molar-refractivity contribution in [3.05, 3.63) is 0 Å². The van der Waals surface area contributed by atoms with Gasteiger partial charge in [0.05, 0.1) is 12.0 Å². The first-order valence-electron chi connectivity index (χ1n) is 7.37. The molecule has 0 bridgehead atoms. The van der Waals surface area contributed by atoms with E-state index < -0.39 is 5.97 Å². The predicted octanol–water partition coefficient (Wildman–Crippen LogP) is 1.74. The number of urea groups is 1. The zero-order valence-electron chi connectivity index (χ0n) is 12.4. The molecule has 0 aromatic carbocycles. The maximum absolute atomic E-state index is 11.6. The topological polar surface area (TPSA) is 87.7 Å². The first-order valence-corrected chi connectivity index (χ1v) is 7.37. The van der Waals surface area contributed by atoms with Crippen LogP contribution in [0.15, 0.2) is 0 Å². The minimum Gasteiger partial charge on any atom is -0.481 e. The summed E-state index contributed by atoms with van der Waals surface area (Å²) in [6.45, 7) is 5.19. The summed E-state index contributed by atoms with van der Waals surface area (Å²) < 4.78 is 5.38. The van der Waals surface area contributed by atoms with E-state index in [1.165, 1.54) is 0 Å². The Bertz CT molecular complexity index is 312. The highest BCUT2D eigenvalue weighted by atomic mass is 16.5. The van der Waals surface area contributed by atoms with E-state index in [-0.39, 0.29) is 24.1 Å². The molecule has 20 heavy (non-hydrogen) atoms. The van der Waals surface area contributed by atoms with Crippen LogP contribution in [0.5, 0.6) is 0 Å². The van der Waals surface area contributed by atoms with E-state index in [4.69, 9.17) is 9.84 Å². The second-order valence-corrected chi connectivity index (χ2v) is 5.56. The molecule has 0 aliphatic heterocycles. The molecule has 0 radical (unpaired) electrons. The minimum atomic E-state index is -0.724. The Morgan fingerprint density at radius 3 is 2.45 bits per heavy atom. The highest BCUT2D eigenvalue weighted by Crippen LogP contribution is 2.24. The summed E-state index contributed by atoms with van der Waals surface area (Å²) >= 11 is 0. The fourth-order valence-electron chi connectivity index (χ4n) is 2.31. The highest BCUT2D eigenvalue weighted by molar-refractivity contribution is 5.74. The molecule has 1 saturated carbocycles. The SMILES string of the molecule is CC(C)OCCCNC(=O)NC1CCC(C(=O)O)CC1. The average molecular weight is 286 g/mol. The largest absolute Gasteiger partial charge is 0.481 e. The van der Waals surface area contributed by atoms with Gasteiger partial charge in [0.15, 0.2) is 0 Å². The van der Waals surface area contributed by atoms with Crippen LogP contribution >= 0.6 is 0 Å². The summed E-state index contributed by atoms with van der Waals surface area (Å²) in [5.41, 5.74) is 0. The number of hydrogen-bond acceptors (Lipinski definition) is 3. The van der Waals surface area contributed by atoms with E-state index in [0.29, 0.717) is 26.0 Å².